The molecule has 2 atom stereocenters. The molecule has 0 fully saturated rings. The van der Waals surface area contributed by atoms with Crippen molar-refractivity contribution in [3.05, 3.63) is 24.8 Å². The van der Waals surface area contributed by atoms with Gasteiger partial charge in [0.05, 0.1) is 14.2 Å². The highest BCUT2D eigenvalue weighted by molar-refractivity contribution is 6.01. The molecule has 1 aliphatic rings. The standard InChI is InChI=1S/C14H18O7/c1-5-8-14(12(16)18-3,13(17)19-4)10-6-7-11(21-10)20-9(2)15/h5-7,10-11H,1,8H2,2-4H3/t10-,11+/m1/s1. The molecule has 0 bridgehead atoms. The number of hydrogen-bond donors (Lipinski definition) is 0. The van der Waals surface area contributed by atoms with Crippen molar-refractivity contribution in [1.29, 1.82) is 0 Å². The lowest BCUT2D eigenvalue weighted by Gasteiger charge is -2.31. The second kappa shape index (κ2) is 7.03. The van der Waals surface area contributed by atoms with E-state index in [1.165, 1.54) is 25.2 Å². The summed E-state index contributed by atoms with van der Waals surface area (Å²) in [5.41, 5.74) is -1.73. The van der Waals surface area contributed by atoms with Crippen molar-refractivity contribution >= 4 is 17.9 Å². The molecule has 21 heavy (non-hydrogen) atoms. The van der Waals surface area contributed by atoms with E-state index in [2.05, 4.69) is 6.58 Å². The molecule has 0 N–H and O–H groups in total. The van der Waals surface area contributed by atoms with Crippen molar-refractivity contribution in [2.75, 3.05) is 14.2 Å². The van der Waals surface area contributed by atoms with Gasteiger partial charge in [-0.05, 0) is 12.5 Å². The summed E-state index contributed by atoms with van der Waals surface area (Å²) in [7, 11) is 2.32. The van der Waals surface area contributed by atoms with E-state index < -0.39 is 35.7 Å². The van der Waals surface area contributed by atoms with Crippen LogP contribution in [0.3, 0.4) is 0 Å². The van der Waals surface area contributed by atoms with E-state index in [1.54, 1.807) is 0 Å². The van der Waals surface area contributed by atoms with Crippen LogP contribution < -0.4 is 0 Å². The molecule has 0 aromatic heterocycles. The maximum atomic E-state index is 12.1. The summed E-state index contributed by atoms with van der Waals surface area (Å²) in [6.45, 7) is 4.76. The van der Waals surface area contributed by atoms with Gasteiger partial charge in [0.1, 0.15) is 6.10 Å². The van der Waals surface area contributed by atoms with Crippen LogP contribution in [-0.4, -0.2) is 44.5 Å². The van der Waals surface area contributed by atoms with Crippen LogP contribution in [0.4, 0.5) is 0 Å². The fourth-order valence-electron chi connectivity index (χ4n) is 2.13. The molecule has 116 valence electrons. The van der Waals surface area contributed by atoms with Gasteiger partial charge in [-0.15, -0.1) is 6.58 Å². The Kier molecular flexibility index (Phi) is 5.66. The van der Waals surface area contributed by atoms with E-state index in [0.717, 1.165) is 14.2 Å². The number of hydrogen-bond acceptors (Lipinski definition) is 7. The molecule has 7 nitrogen and oxygen atoms in total. The highest BCUT2D eigenvalue weighted by Gasteiger charge is 2.55. The van der Waals surface area contributed by atoms with E-state index in [0.29, 0.717) is 0 Å². The first-order valence-corrected chi connectivity index (χ1v) is 6.21. The van der Waals surface area contributed by atoms with Crippen molar-refractivity contribution in [3.8, 4) is 0 Å². The van der Waals surface area contributed by atoms with Gasteiger partial charge < -0.3 is 18.9 Å². The highest BCUT2D eigenvalue weighted by atomic mass is 16.7. The monoisotopic (exact) mass is 298 g/mol. The number of methoxy groups -OCH3 is 2. The number of rotatable bonds is 6. The van der Waals surface area contributed by atoms with E-state index in [4.69, 9.17) is 18.9 Å². The summed E-state index contributed by atoms with van der Waals surface area (Å²) in [5.74, 6) is -2.17. The topological polar surface area (TPSA) is 88.1 Å². The number of carbonyl (C=O) groups is 3. The van der Waals surface area contributed by atoms with Gasteiger partial charge in [-0.2, -0.15) is 0 Å². The van der Waals surface area contributed by atoms with Crippen LogP contribution in [0.25, 0.3) is 0 Å². The fourth-order valence-corrected chi connectivity index (χ4v) is 2.13. The Bertz CT molecular complexity index is 450. The molecule has 7 heteroatoms. The van der Waals surface area contributed by atoms with Crippen LogP contribution in [-0.2, 0) is 33.3 Å². The minimum atomic E-state index is -1.73. The van der Waals surface area contributed by atoms with Gasteiger partial charge in [0.25, 0.3) is 0 Å². The van der Waals surface area contributed by atoms with Crippen molar-refractivity contribution in [3.63, 3.8) is 0 Å². The molecular formula is C14H18O7. The summed E-state index contributed by atoms with van der Waals surface area (Å²) in [5, 5.41) is 0. The van der Waals surface area contributed by atoms with E-state index in [1.807, 2.05) is 0 Å². The Hall–Kier alpha value is -2.15. The van der Waals surface area contributed by atoms with E-state index in [9.17, 15) is 14.4 Å². The largest absolute Gasteiger partial charge is 0.468 e. The van der Waals surface area contributed by atoms with Crippen LogP contribution >= 0.6 is 0 Å². The second-order valence-corrected chi connectivity index (χ2v) is 4.37. The Morgan fingerprint density at radius 3 is 2.24 bits per heavy atom. The smallest absolute Gasteiger partial charge is 0.326 e. The zero-order valence-corrected chi connectivity index (χ0v) is 12.2. The molecule has 1 rings (SSSR count). The molecule has 1 heterocycles. The van der Waals surface area contributed by atoms with E-state index in [-0.39, 0.29) is 6.42 Å². The summed E-state index contributed by atoms with van der Waals surface area (Å²) in [6.07, 6.45) is 2.30. The molecule has 0 saturated heterocycles. The molecule has 0 spiro atoms. The maximum Gasteiger partial charge on any atom is 0.326 e. The van der Waals surface area contributed by atoms with Crippen LogP contribution in [0, 0.1) is 5.41 Å². The zero-order chi connectivity index (χ0) is 16.0. The van der Waals surface area contributed by atoms with Crippen LogP contribution in [0.15, 0.2) is 24.8 Å². The predicted octanol–water partition coefficient (Wildman–Crippen LogP) is 0.739. The molecule has 0 saturated carbocycles. The van der Waals surface area contributed by atoms with Gasteiger partial charge in [-0.3, -0.25) is 14.4 Å². The third kappa shape index (κ3) is 3.30. The molecule has 0 radical (unpaired) electrons. The van der Waals surface area contributed by atoms with Gasteiger partial charge in [-0.1, -0.05) is 12.2 Å². The normalized spacial score (nSPS) is 20.7. The Morgan fingerprint density at radius 2 is 1.81 bits per heavy atom. The molecule has 0 aromatic carbocycles. The molecule has 0 unspecified atom stereocenters. The first kappa shape index (κ1) is 16.9. The lowest BCUT2D eigenvalue weighted by molar-refractivity contribution is -0.192. The zero-order valence-electron chi connectivity index (χ0n) is 12.2. The van der Waals surface area contributed by atoms with Gasteiger partial charge >= 0.3 is 17.9 Å². The van der Waals surface area contributed by atoms with Gasteiger partial charge in [-0.25, -0.2) is 0 Å². The quantitative estimate of drug-likeness (QED) is 0.309. The SMILES string of the molecule is C=CCC(C(=O)OC)(C(=O)OC)[C@H]1C=C[C@@H](OC(C)=O)O1. The average molecular weight is 298 g/mol. The lowest BCUT2D eigenvalue weighted by atomic mass is 9.78. The first-order valence-electron chi connectivity index (χ1n) is 6.21. The second-order valence-electron chi connectivity index (χ2n) is 4.37. The third-order valence-corrected chi connectivity index (χ3v) is 3.06. The molecule has 0 aromatic rings. The molecule has 0 amide bonds. The summed E-state index contributed by atoms with van der Waals surface area (Å²) >= 11 is 0. The highest BCUT2D eigenvalue weighted by Crippen LogP contribution is 2.37. The minimum absolute atomic E-state index is 0.0475. The number of esters is 3. The summed E-state index contributed by atoms with van der Waals surface area (Å²) < 4.78 is 19.7. The Balaban J connectivity index is 3.11. The Labute approximate surface area is 122 Å². The van der Waals surface area contributed by atoms with Crippen LogP contribution in [0.5, 0.6) is 0 Å². The number of allylic oxidation sites excluding steroid dienone is 1. The Morgan fingerprint density at radius 1 is 1.24 bits per heavy atom. The van der Waals surface area contributed by atoms with Crippen molar-refractivity contribution in [2.45, 2.75) is 25.7 Å². The van der Waals surface area contributed by atoms with E-state index >= 15 is 0 Å². The minimum Gasteiger partial charge on any atom is -0.468 e. The summed E-state index contributed by atoms with van der Waals surface area (Å²) in [4.78, 5) is 35.2. The maximum absolute atomic E-state index is 12.1. The van der Waals surface area contributed by atoms with Gasteiger partial charge in [0, 0.05) is 6.92 Å². The summed E-state index contributed by atoms with van der Waals surface area (Å²) in [6, 6.07) is 0. The fraction of sp³-hybridized carbons (Fsp3) is 0.500. The van der Waals surface area contributed by atoms with Crippen molar-refractivity contribution in [1.82, 2.24) is 0 Å². The van der Waals surface area contributed by atoms with Gasteiger partial charge in [0.2, 0.25) is 6.29 Å². The van der Waals surface area contributed by atoms with Crippen molar-refractivity contribution < 1.29 is 33.3 Å². The number of carbonyl (C=O) groups excluding carboxylic acids is 3. The molecule has 0 aliphatic carbocycles. The number of ether oxygens (including phenoxy) is 4. The first-order chi connectivity index (χ1) is 9.92. The lowest BCUT2D eigenvalue weighted by Crippen LogP contribution is -2.50. The van der Waals surface area contributed by atoms with Gasteiger partial charge in [0.15, 0.2) is 5.41 Å². The van der Waals surface area contributed by atoms with Crippen molar-refractivity contribution in [2.24, 2.45) is 5.41 Å². The average Bonchev–Trinajstić information content (AvgIpc) is 2.90. The molecular weight excluding hydrogens is 280 g/mol. The van der Waals surface area contributed by atoms with Crippen LogP contribution in [0.2, 0.25) is 0 Å². The predicted molar refractivity (Wildman–Crippen MR) is 70.8 cm³/mol. The third-order valence-electron chi connectivity index (χ3n) is 3.06. The van der Waals surface area contributed by atoms with Crippen LogP contribution in [0.1, 0.15) is 13.3 Å². The molecule has 1 aliphatic heterocycles.